The fourth-order valence-electron chi connectivity index (χ4n) is 5.03. The molecule has 164 valence electrons. The normalized spacial score (nSPS) is 20.5. The van der Waals surface area contributed by atoms with Gasteiger partial charge in [-0.05, 0) is 74.9 Å². The minimum Gasteiger partial charge on any atom is -0.490 e. The summed E-state index contributed by atoms with van der Waals surface area (Å²) in [6.07, 6.45) is 3.46. The zero-order valence-electron chi connectivity index (χ0n) is 18.8. The molecule has 2 aromatic carbocycles. The molecular weight excluding hydrogens is 400 g/mol. The summed E-state index contributed by atoms with van der Waals surface area (Å²) in [4.78, 5) is 7.32. The number of nitrogens with zero attached hydrogens (tertiary/aromatic N) is 4. The van der Waals surface area contributed by atoms with Crippen molar-refractivity contribution in [2.45, 2.75) is 52.2 Å². The lowest BCUT2D eigenvalue weighted by atomic mass is 10.0. The maximum absolute atomic E-state index is 9.52. The van der Waals surface area contributed by atoms with Gasteiger partial charge in [-0.25, -0.2) is 0 Å². The van der Waals surface area contributed by atoms with Crippen LogP contribution in [0.15, 0.2) is 40.9 Å². The molecule has 1 fully saturated rings. The number of benzene rings is 2. The monoisotopic (exact) mass is 428 g/mol. The van der Waals surface area contributed by atoms with E-state index in [1.54, 1.807) is 12.1 Å². The van der Waals surface area contributed by atoms with E-state index < -0.39 is 0 Å². The van der Waals surface area contributed by atoms with E-state index in [4.69, 9.17) is 9.26 Å². The Morgan fingerprint density at radius 2 is 2.09 bits per heavy atom. The van der Waals surface area contributed by atoms with Gasteiger partial charge < -0.3 is 9.26 Å². The summed E-state index contributed by atoms with van der Waals surface area (Å²) in [7, 11) is 0. The first-order valence-corrected chi connectivity index (χ1v) is 11.4. The predicted molar refractivity (Wildman–Crippen MR) is 122 cm³/mol. The van der Waals surface area contributed by atoms with Gasteiger partial charge in [0.1, 0.15) is 11.8 Å². The number of hydrogen-bond acceptors (Lipinski definition) is 6. The van der Waals surface area contributed by atoms with Crippen molar-refractivity contribution in [1.82, 2.24) is 15.0 Å². The Balaban J connectivity index is 1.44. The average molecular weight is 429 g/mol. The molecule has 6 heteroatoms. The number of fused-ring (bicyclic) bond motifs is 1. The van der Waals surface area contributed by atoms with Crippen LogP contribution >= 0.6 is 0 Å². The first-order chi connectivity index (χ1) is 15.5. The van der Waals surface area contributed by atoms with Crippen molar-refractivity contribution in [3.05, 3.63) is 53.1 Å². The maximum atomic E-state index is 9.52. The van der Waals surface area contributed by atoms with Gasteiger partial charge in [0.05, 0.1) is 11.7 Å². The molecule has 32 heavy (non-hydrogen) atoms. The lowest BCUT2D eigenvalue weighted by molar-refractivity contribution is 0.238. The number of likely N-dealkylation sites (tertiary alicyclic amines) is 1. The molecule has 2 aliphatic rings. The third kappa shape index (κ3) is 3.78. The molecule has 1 aliphatic carbocycles. The van der Waals surface area contributed by atoms with Crippen LogP contribution in [0, 0.1) is 17.2 Å². The van der Waals surface area contributed by atoms with E-state index in [2.05, 4.69) is 46.2 Å². The Bertz CT molecular complexity index is 1180. The number of hydrogen-bond donors (Lipinski definition) is 0. The summed E-state index contributed by atoms with van der Waals surface area (Å²) >= 11 is 0. The Kier molecular flexibility index (Phi) is 5.44. The van der Waals surface area contributed by atoms with Crippen LogP contribution in [-0.2, 0) is 6.42 Å². The lowest BCUT2D eigenvalue weighted by Crippen LogP contribution is -2.24. The molecule has 0 saturated carbocycles. The number of ether oxygens (including phenoxy) is 1. The van der Waals surface area contributed by atoms with Crippen molar-refractivity contribution < 1.29 is 9.26 Å². The van der Waals surface area contributed by atoms with E-state index >= 15 is 0 Å². The van der Waals surface area contributed by atoms with E-state index in [-0.39, 0.29) is 6.10 Å². The van der Waals surface area contributed by atoms with Gasteiger partial charge in [0, 0.05) is 23.7 Å². The molecular formula is C26H28N4O2. The molecule has 2 heterocycles. The van der Waals surface area contributed by atoms with Crippen LogP contribution in [0.4, 0.5) is 0 Å². The van der Waals surface area contributed by atoms with E-state index in [1.807, 2.05) is 19.9 Å². The number of aromatic nitrogens is 2. The minimum absolute atomic E-state index is 0.00395. The van der Waals surface area contributed by atoms with Crippen molar-refractivity contribution in [2.24, 2.45) is 5.92 Å². The summed E-state index contributed by atoms with van der Waals surface area (Å²) in [5.74, 6) is 2.35. The smallest absolute Gasteiger partial charge is 0.258 e. The Labute approximate surface area is 188 Å². The van der Waals surface area contributed by atoms with Gasteiger partial charge in [0.25, 0.3) is 5.89 Å². The van der Waals surface area contributed by atoms with Crippen molar-refractivity contribution >= 4 is 0 Å². The van der Waals surface area contributed by atoms with Crippen LogP contribution in [-0.4, -0.2) is 34.2 Å². The van der Waals surface area contributed by atoms with Gasteiger partial charge in [0.2, 0.25) is 5.82 Å². The first kappa shape index (κ1) is 20.7. The van der Waals surface area contributed by atoms with Gasteiger partial charge >= 0.3 is 0 Å². The van der Waals surface area contributed by atoms with Gasteiger partial charge in [-0.15, -0.1) is 0 Å². The minimum atomic E-state index is -0.00395. The van der Waals surface area contributed by atoms with E-state index in [9.17, 15) is 5.26 Å². The fraction of sp³-hybridized carbons (Fsp3) is 0.423. The fourth-order valence-corrected chi connectivity index (χ4v) is 5.03. The highest BCUT2D eigenvalue weighted by atomic mass is 16.5. The van der Waals surface area contributed by atoms with Crippen molar-refractivity contribution in [2.75, 3.05) is 13.1 Å². The summed E-state index contributed by atoms with van der Waals surface area (Å²) in [6, 6.07) is 14.5. The molecule has 5 rings (SSSR count). The average Bonchev–Trinajstić information content (AvgIpc) is 3.52. The second kappa shape index (κ2) is 8.40. The third-order valence-corrected chi connectivity index (χ3v) is 6.51. The SMILES string of the molecule is CC(C)Oc1ccc(-c2nc(-c3cccc4c3CCC4N3CC[C@@H](C)C3)no2)cc1C#N. The van der Waals surface area contributed by atoms with Crippen molar-refractivity contribution in [3.8, 4) is 34.7 Å². The molecule has 0 bridgehead atoms. The summed E-state index contributed by atoms with van der Waals surface area (Å²) in [6.45, 7) is 8.57. The van der Waals surface area contributed by atoms with Crippen molar-refractivity contribution in [3.63, 3.8) is 0 Å². The molecule has 0 spiro atoms. The van der Waals surface area contributed by atoms with Gasteiger partial charge in [-0.1, -0.05) is 30.3 Å². The highest BCUT2D eigenvalue weighted by Gasteiger charge is 2.33. The number of rotatable bonds is 5. The highest BCUT2D eigenvalue weighted by molar-refractivity contribution is 5.67. The number of nitriles is 1. The molecule has 0 N–H and O–H groups in total. The second-order valence-corrected chi connectivity index (χ2v) is 9.23. The van der Waals surface area contributed by atoms with Crippen LogP contribution in [0.3, 0.4) is 0 Å². The zero-order valence-corrected chi connectivity index (χ0v) is 18.8. The Morgan fingerprint density at radius 3 is 2.84 bits per heavy atom. The highest BCUT2D eigenvalue weighted by Crippen LogP contribution is 2.42. The van der Waals surface area contributed by atoms with Crippen LogP contribution in [0.25, 0.3) is 22.8 Å². The summed E-state index contributed by atoms with van der Waals surface area (Å²) in [5.41, 5.74) is 4.97. The van der Waals surface area contributed by atoms with E-state index in [0.29, 0.717) is 34.6 Å². The Hall–Kier alpha value is -3.17. The largest absolute Gasteiger partial charge is 0.490 e. The molecule has 0 amide bonds. The molecule has 6 nitrogen and oxygen atoms in total. The Morgan fingerprint density at radius 1 is 1.22 bits per heavy atom. The first-order valence-electron chi connectivity index (χ1n) is 11.4. The molecule has 2 atom stereocenters. The van der Waals surface area contributed by atoms with Crippen LogP contribution < -0.4 is 4.74 Å². The zero-order chi connectivity index (χ0) is 22.2. The molecule has 1 unspecified atom stereocenters. The van der Waals surface area contributed by atoms with Gasteiger partial charge in [-0.3, -0.25) is 4.90 Å². The third-order valence-electron chi connectivity index (χ3n) is 6.51. The predicted octanol–water partition coefficient (Wildman–Crippen LogP) is 5.39. The molecule has 1 saturated heterocycles. The summed E-state index contributed by atoms with van der Waals surface area (Å²) < 4.78 is 11.3. The molecule has 3 aromatic rings. The summed E-state index contributed by atoms with van der Waals surface area (Å²) in [5, 5.41) is 13.8. The molecule has 1 aliphatic heterocycles. The molecule has 0 radical (unpaired) electrons. The maximum Gasteiger partial charge on any atom is 0.258 e. The molecule has 1 aromatic heterocycles. The van der Waals surface area contributed by atoms with Crippen LogP contribution in [0.5, 0.6) is 5.75 Å². The quantitative estimate of drug-likeness (QED) is 0.542. The van der Waals surface area contributed by atoms with E-state index in [1.165, 1.54) is 30.6 Å². The topological polar surface area (TPSA) is 75.2 Å². The van der Waals surface area contributed by atoms with Crippen LogP contribution in [0.1, 0.15) is 56.3 Å². The second-order valence-electron chi connectivity index (χ2n) is 9.23. The van der Waals surface area contributed by atoms with Crippen LogP contribution in [0.2, 0.25) is 0 Å². The van der Waals surface area contributed by atoms with Gasteiger partial charge in [-0.2, -0.15) is 10.2 Å². The van der Waals surface area contributed by atoms with E-state index in [0.717, 1.165) is 24.3 Å². The van der Waals surface area contributed by atoms with Crippen molar-refractivity contribution in [1.29, 1.82) is 5.26 Å². The standard InChI is InChI=1S/C26H28N4O2/c1-16(2)31-24-10-7-18(13-19(24)14-27)26-28-25(29-32-26)22-6-4-5-21-20(22)8-9-23(21)30-12-11-17(3)15-30/h4-7,10,13,16-17,23H,8-9,11-12,15H2,1-3H3/t17-,23?/m1/s1. The lowest BCUT2D eigenvalue weighted by Gasteiger charge is -2.24. The van der Waals surface area contributed by atoms with Gasteiger partial charge in [0.15, 0.2) is 0 Å².